The van der Waals surface area contributed by atoms with Crippen LogP contribution in [0, 0.1) is 0 Å². The lowest BCUT2D eigenvalue weighted by molar-refractivity contribution is 0.640. The molecule has 0 unspecified atom stereocenters. The van der Waals surface area contributed by atoms with E-state index in [4.69, 9.17) is 15.0 Å². The highest BCUT2D eigenvalue weighted by Gasteiger charge is 2.35. The van der Waals surface area contributed by atoms with Crippen LogP contribution in [0.2, 0.25) is 0 Å². The topological polar surface area (TPSA) is 43.6 Å². The van der Waals surface area contributed by atoms with Crippen LogP contribution in [0.1, 0.15) is 38.8 Å². The van der Waals surface area contributed by atoms with Crippen LogP contribution in [0.3, 0.4) is 0 Å². The fraction of sp³-hybridized carbons (Fsp3) is 0.0926. The second-order valence-corrected chi connectivity index (χ2v) is 17.1. The summed E-state index contributed by atoms with van der Waals surface area (Å²) in [5, 5.41) is 4.97. The molecule has 0 saturated carbocycles. The van der Waals surface area contributed by atoms with Crippen molar-refractivity contribution >= 4 is 58.9 Å². The summed E-state index contributed by atoms with van der Waals surface area (Å²) in [6.07, 6.45) is 4.44. The van der Waals surface area contributed by atoms with Gasteiger partial charge >= 0.3 is 0 Å². The second kappa shape index (κ2) is 13.6. The van der Waals surface area contributed by atoms with Crippen LogP contribution in [0.5, 0.6) is 0 Å². The summed E-state index contributed by atoms with van der Waals surface area (Å²) in [4.78, 5) is 15.4. The summed E-state index contributed by atoms with van der Waals surface area (Å²) in [5.74, 6) is 1.97. The van der Waals surface area contributed by atoms with E-state index < -0.39 is 0 Å². The maximum atomic E-state index is 5.19. The van der Waals surface area contributed by atoms with E-state index in [0.29, 0.717) is 17.5 Å². The highest BCUT2D eigenvalue weighted by Crippen LogP contribution is 2.49. The fourth-order valence-corrected chi connectivity index (χ4v) is 10.2. The van der Waals surface area contributed by atoms with E-state index in [-0.39, 0.29) is 5.41 Å². The average molecular weight is 777 g/mol. The Morgan fingerprint density at radius 1 is 0.525 bits per heavy atom. The van der Waals surface area contributed by atoms with Crippen molar-refractivity contribution in [3.8, 4) is 51.0 Å². The molecule has 5 heteroatoms. The summed E-state index contributed by atoms with van der Waals surface area (Å²) < 4.78 is 4.84. The number of aromatic nitrogens is 4. The number of para-hydroxylation sites is 1. The van der Waals surface area contributed by atoms with Gasteiger partial charge in [-0.1, -0.05) is 141 Å². The molecule has 1 aliphatic carbocycles. The van der Waals surface area contributed by atoms with Gasteiger partial charge in [0.2, 0.25) is 0 Å². The van der Waals surface area contributed by atoms with E-state index in [1.54, 1.807) is 11.3 Å². The molecule has 3 aromatic heterocycles. The molecule has 4 nitrogen and oxygen atoms in total. The number of fused-ring (bicyclic) bond motifs is 7. The predicted octanol–water partition coefficient (Wildman–Crippen LogP) is 14.6. The minimum Gasteiger partial charge on any atom is -0.309 e. The monoisotopic (exact) mass is 776 g/mol. The first-order valence-corrected chi connectivity index (χ1v) is 21.0. The number of hydrogen-bond acceptors (Lipinski definition) is 4. The minimum absolute atomic E-state index is 0.0616. The molecule has 0 radical (unpaired) electrons. The largest absolute Gasteiger partial charge is 0.309 e. The normalized spacial score (nSPS) is 13.8. The van der Waals surface area contributed by atoms with E-state index in [2.05, 4.69) is 166 Å². The Balaban J connectivity index is 1.09. The average Bonchev–Trinajstić information content (AvgIpc) is 3.88. The van der Waals surface area contributed by atoms with Gasteiger partial charge in [0.25, 0.3) is 0 Å². The summed E-state index contributed by atoms with van der Waals surface area (Å²) >= 11 is 1.79. The van der Waals surface area contributed by atoms with Gasteiger partial charge in [-0.05, 0) is 90.2 Å². The van der Waals surface area contributed by atoms with E-state index >= 15 is 0 Å². The molecule has 59 heavy (non-hydrogen) atoms. The quantitative estimate of drug-likeness (QED) is 0.169. The number of benzene rings is 7. The molecule has 0 N–H and O–H groups in total. The lowest BCUT2D eigenvalue weighted by Crippen LogP contribution is -2.15. The van der Waals surface area contributed by atoms with Gasteiger partial charge in [0.1, 0.15) is 0 Å². The third-order valence-corrected chi connectivity index (χ3v) is 13.5. The van der Waals surface area contributed by atoms with Gasteiger partial charge in [0, 0.05) is 58.7 Å². The molecule has 282 valence electrons. The van der Waals surface area contributed by atoms with Crippen LogP contribution in [0.15, 0.2) is 175 Å². The van der Waals surface area contributed by atoms with Crippen molar-refractivity contribution in [3.05, 3.63) is 187 Å². The number of rotatable bonds is 6. The molecule has 11 rings (SSSR count). The molecule has 0 bridgehead atoms. The molecular formula is C54H40N4S. The number of thiophene rings is 1. The third kappa shape index (κ3) is 5.60. The van der Waals surface area contributed by atoms with Gasteiger partial charge in [-0.2, -0.15) is 0 Å². The van der Waals surface area contributed by atoms with Gasteiger partial charge in [-0.3, -0.25) is 0 Å². The molecule has 7 aromatic carbocycles. The van der Waals surface area contributed by atoms with Crippen LogP contribution in [0.4, 0.5) is 0 Å². The Morgan fingerprint density at radius 3 is 1.85 bits per heavy atom. The highest BCUT2D eigenvalue weighted by atomic mass is 32.1. The van der Waals surface area contributed by atoms with Crippen LogP contribution in [-0.4, -0.2) is 19.5 Å². The first-order valence-electron chi connectivity index (χ1n) is 20.2. The molecular weight excluding hydrogens is 737 g/mol. The van der Waals surface area contributed by atoms with Crippen LogP contribution in [0.25, 0.3) is 98.5 Å². The molecule has 0 spiro atoms. The lowest BCUT2D eigenvalue weighted by Gasteiger charge is -2.22. The van der Waals surface area contributed by atoms with Crippen LogP contribution in [-0.2, 0) is 5.41 Å². The van der Waals surface area contributed by atoms with E-state index in [9.17, 15) is 0 Å². The molecule has 1 aliphatic rings. The van der Waals surface area contributed by atoms with E-state index in [1.807, 2.05) is 36.4 Å². The number of allylic oxidation sites excluding steroid dienone is 4. The van der Waals surface area contributed by atoms with Gasteiger partial charge in [0.05, 0.1) is 11.0 Å². The Morgan fingerprint density at radius 2 is 1.15 bits per heavy atom. The summed E-state index contributed by atoms with van der Waals surface area (Å²) in [7, 11) is 0. The Kier molecular flexibility index (Phi) is 8.11. The van der Waals surface area contributed by atoms with Crippen molar-refractivity contribution in [2.45, 2.75) is 33.1 Å². The first-order chi connectivity index (χ1) is 28.9. The van der Waals surface area contributed by atoms with E-state index in [1.165, 1.54) is 64.3 Å². The molecule has 3 heterocycles. The van der Waals surface area contributed by atoms with Crippen molar-refractivity contribution < 1.29 is 0 Å². The summed E-state index contributed by atoms with van der Waals surface area (Å²) in [5.41, 5.74) is 14.1. The predicted molar refractivity (Wildman–Crippen MR) is 249 cm³/mol. The zero-order valence-corrected chi connectivity index (χ0v) is 34.2. The van der Waals surface area contributed by atoms with Crippen LogP contribution >= 0.6 is 11.3 Å². The number of nitrogens with zero attached hydrogens (tertiary/aromatic N) is 4. The molecule has 0 aliphatic heterocycles. The van der Waals surface area contributed by atoms with Crippen molar-refractivity contribution in [1.82, 2.24) is 19.5 Å². The van der Waals surface area contributed by atoms with Crippen molar-refractivity contribution in [2.75, 3.05) is 0 Å². The summed E-state index contributed by atoms with van der Waals surface area (Å²) in [6, 6.07) is 56.4. The van der Waals surface area contributed by atoms with Crippen LogP contribution < -0.4 is 0 Å². The second-order valence-electron chi connectivity index (χ2n) is 16.0. The molecule has 0 saturated heterocycles. The van der Waals surface area contributed by atoms with Crippen molar-refractivity contribution in [1.29, 1.82) is 0 Å². The standard InChI is InChI=1S/C54H40N4S/c1-5-16-39-33(2)54(3,4)46-32-48-43(31-42(39)46)40-21-12-14-23-47(40)58(48)38-27-25-34(26-28-38)37-29-44-41-22-13-15-24-49(41)59-50(44)45(30-37)53-56-51(35-17-8-6-9-18-35)55-52(57-53)36-19-10-7-11-20-36/h5-32H,1-4H3/b16-5-. The smallest absolute Gasteiger partial charge is 0.165 e. The maximum Gasteiger partial charge on any atom is 0.165 e. The first kappa shape index (κ1) is 35.2. The Labute approximate surface area is 347 Å². The third-order valence-electron chi connectivity index (χ3n) is 12.3. The highest BCUT2D eigenvalue weighted by molar-refractivity contribution is 7.26. The van der Waals surface area contributed by atoms with Gasteiger partial charge in [-0.15, -0.1) is 11.3 Å². The zero-order valence-electron chi connectivity index (χ0n) is 33.4. The Hall–Kier alpha value is -6.95. The minimum atomic E-state index is -0.0616. The summed E-state index contributed by atoms with van der Waals surface area (Å²) in [6.45, 7) is 9.11. The molecule has 0 atom stereocenters. The number of hydrogen-bond donors (Lipinski definition) is 0. The van der Waals surface area contributed by atoms with Crippen molar-refractivity contribution in [3.63, 3.8) is 0 Å². The van der Waals surface area contributed by atoms with Gasteiger partial charge in [-0.25, -0.2) is 15.0 Å². The van der Waals surface area contributed by atoms with Crippen molar-refractivity contribution in [2.24, 2.45) is 0 Å². The Bertz CT molecular complexity index is 3290. The molecule has 0 fully saturated rings. The SMILES string of the molecule is C/C=C\C1=C(C)C(C)(C)c2cc3c(cc21)c1ccccc1n3-c1ccc(-c2cc(-c3nc(-c4ccccc4)nc(-c4ccccc4)n3)c3sc4ccccc4c3c2)cc1. The van der Waals surface area contributed by atoms with Gasteiger partial charge < -0.3 is 4.57 Å². The lowest BCUT2D eigenvalue weighted by atomic mass is 9.81. The van der Waals surface area contributed by atoms with E-state index in [0.717, 1.165) is 33.5 Å². The molecule has 10 aromatic rings. The maximum absolute atomic E-state index is 5.19. The fourth-order valence-electron chi connectivity index (χ4n) is 9.05. The zero-order chi connectivity index (χ0) is 39.8. The van der Waals surface area contributed by atoms with Gasteiger partial charge in [0.15, 0.2) is 17.5 Å². The molecule has 0 amide bonds.